The molecule has 0 saturated carbocycles. The van der Waals surface area contributed by atoms with Crippen LogP contribution in [0, 0.1) is 0 Å². The molecule has 0 saturated heterocycles. The Morgan fingerprint density at radius 1 is 0.900 bits per heavy atom. The number of benzene rings is 2. The van der Waals surface area contributed by atoms with Crippen LogP contribution >= 0.6 is 0 Å². The summed E-state index contributed by atoms with van der Waals surface area (Å²) in [6.07, 6.45) is 1.23. The van der Waals surface area contributed by atoms with Crippen molar-refractivity contribution in [3.63, 3.8) is 0 Å². The average molecular weight is 410 g/mol. The molecule has 0 unspecified atom stereocenters. The number of para-hydroxylation sites is 2. The Morgan fingerprint density at radius 3 is 1.67 bits per heavy atom. The molecule has 0 atom stereocenters. The number of amides is 1. The fourth-order valence-electron chi connectivity index (χ4n) is 3.95. The standard InChI is InChI=1S/C25H35N3O2/c1-6-24(29)26-19-25(30,20-15-11-13-17-22(20)27(7-2)8-3)21-16-12-14-18-23(21)28(9-4)10-5/h6,11-18,30H,1,7-10,19H2,2-5H3,(H,26,29). The van der Waals surface area contributed by atoms with Crippen molar-refractivity contribution in [2.75, 3.05) is 42.5 Å². The molecule has 2 N–H and O–H groups in total. The molecule has 0 aliphatic rings. The van der Waals surface area contributed by atoms with E-state index in [0.717, 1.165) is 48.7 Å². The summed E-state index contributed by atoms with van der Waals surface area (Å²) in [5, 5.41) is 15.1. The molecule has 162 valence electrons. The van der Waals surface area contributed by atoms with Crippen LogP contribution in [0.4, 0.5) is 11.4 Å². The Morgan fingerprint density at radius 2 is 1.30 bits per heavy atom. The molecule has 0 aliphatic carbocycles. The van der Waals surface area contributed by atoms with Gasteiger partial charge in [0.15, 0.2) is 0 Å². The quantitative estimate of drug-likeness (QED) is 0.553. The van der Waals surface area contributed by atoms with Crippen LogP contribution in [0.2, 0.25) is 0 Å². The molecule has 0 heterocycles. The van der Waals surface area contributed by atoms with Gasteiger partial charge in [0.1, 0.15) is 5.60 Å². The van der Waals surface area contributed by atoms with Crippen molar-refractivity contribution < 1.29 is 9.90 Å². The Balaban J connectivity index is 2.74. The number of carbonyl (C=O) groups is 1. The second kappa shape index (κ2) is 10.8. The van der Waals surface area contributed by atoms with Gasteiger partial charge in [-0.1, -0.05) is 43.0 Å². The molecule has 2 rings (SSSR count). The minimum atomic E-state index is -1.41. The number of rotatable bonds is 11. The smallest absolute Gasteiger partial charge is 0.243 e. The van der Waals surface area contributed by atoms with Crippen LogP contribution in [0.25, 0.3) is 0 Å². The number of nitrogens with one attached hydrogen (secondary N) is 1. The van der Waals surface area contributed by atoms with Crippen molar-refractivity contribution in [2.45, 2.75) is 33.3 Å². The fourth-order valence-corrected chi connectivity index (χ4v) is 3.95. The highest BCUT2D eigenvalue weighted by atomic mass is 16.3. The molecular formula is C25H35N3O2. The first-order chi connectivity index (χ1) is 14.5. The highest BCUT2D eigenvalue weighted by molar-refractivity contribution is 5.87. The van der Waals surface area contributed by atoms with Gasteiger partial charge >= 0.3 is 0 Å². The Labute approximate surface area is 181 Å². The molecule has 1 amide bonds. The van der Waals surface area contributed by atoms with Crippen molar-refractivity contribution in [3.05, 3.63) is 72.3 Å². The van der Waals surface area contributed by atoms with E-state index in [2.05, 4.69) is 49.4 Å². The summed E-state index contributed by atoms with van der Waals surface area (Å²) in [5.41, 5.74) is 2.08. The summed E-state index contributed by atoms with van der Waals surface area (Å²) in [4.78, 5) is 16.5. The third-order valence-electron chi connectivity index (χ3n) is 5.61. The molecule has 0 bridgehead atoms. The van der Waals surface area contributed by atoms with E-state index in [1.54, 1.807) is 0 Å². The highest BCUT2D eigenvalue weighted by Crippen LogP contribution is 2.40. The topological polar surface area (TPSA) is 55.8 Å². The van der Waals surface area contributed by atoms with Crippen LogP contribution in [0.5, 0.6) is 0 Å². The lowest BCUT2D eigenvalue weighted by Crippen LogP contribution is -2.43. The molecular weight excluding hydrogens is 374 g/mol. The Kier molecular flexibility index (Phi) is 8.48. The monoisotopic (exact) mass is 409 g/mol. The maximum atomic E-state index is 12.2. The zero-order chi connectivity index (χ0) is 22.1. The Hall–Kier alpha value is -2.79. The minimum Gasteiger partial charge on any atom is -0.378 e. The van der Waals surface area contributed by atoms with E-state index in [1.807, 2.05) is 48.5 Å². The summed E-state index contributed by atoms with van der Waals surface area (Å²) in [5.74, 6) is -0.311. The SMILES string of the molecule is C=CC(=O)NCC(O)(c1ccccc1N(CC)CC)c1ccccc1N(CC)CC. The summed E-state index contributed by atoms with van der Waals surface area (Å²) in [7, 11) is 0. The van der Waals surface area contributed by atoms with Crippen LogP contribution in [0.15, 0.2) is 61.2 Å². The van der Waals surface area contributed by atoms with E-state index < -0.39 is 5.60 Å². The van der Waals surface area contributed by atoms with Gasteiger partial charge in [-0.05, 0) is 45.9 Å². The largest absolute Gasteiger partial charge is 0.378 e. The van der Waals surface area contributed by atoms with Crippen molar-refractivity contribution in [2.24, 2.45) is 0 Å². The van der Waals surface area contributed by atoms with Crippen LogP contribution in [-0.4, -0.2) is 43.7 Å². The number of hydrogen-bond acceptors (Lipinski definition) is 4. The minimum absolute atomic E-state index is 0.0500. The third-order valence-corrected chi connectivity index (χ3v) is 5.61. The first-order valence-corrected chi connectivity index (χ1v) is 10.8. The molecule has 2 aromatic rings. The highest BCUT2D eigenvalue weighted by Gasteiger charge is 2.37. The van der Waals surface area contributed by atoms with E-state index >= 15 is 0 Å². The fraction of sp³-hybridized carbons (Fsp3) is 0.400. The van der Waals surface area contributed by atoms with E-state index in [0.29, 0.717) is 0 Å². The zero-order valence-electron chi connectivity index (χ0n) is 18.7. The zero-order valence-corrected chi connectivity index (χ0v) is 18.7. The molecule has 0 fully saturated rings. The number of carbonyl (C=O) groups excluding carboxylic acids is 1. The lowest BCUT2D eigenvalue weighted by atomic mass is 9.83. The van der Waals surface area contributed by atoms with E-state index in [-0.39, 0.29) is 12.5 Å². The molecule has 5 nitrogen and oxygen atoms in total. The van der Waals surface area contributed by atoms with Crippen LogP contribution in [0.1, 0.15) is 38.8 Å². The van der Waals surface area contributed by atoms with Gasteiger partial charge in [-0.2, -0.15) is 0 Å². The first-order valence-electron chi connectivity index (χ1n) is 10.8. The van der Waals surface area contributed by atoms with Gasteiger partial charge < -0.3 is 20.2 Å². The van der Waals surface area contributed by atoms with Crippen molar-refractivity contribution >= 4 is 17.3 Å². The first kappa shape index (κ1) is 23.5. The lowest BCUT2D eigenvalue weighted by Gasteiger charge is -2.37. The maximum Gasteiger partial charge on any atom is 0.243 e. The van der Waals surface area contributed by atoms with Gasteiger partial charge in [-0.3, -0.25) is 4.79 Å². The predicted octanol–water partition coefficient (Wildman–Crippen LogP) is 3.92. The molecule has 5 heteroatoms. The average Bonchev–Trinajstić information content (AvgIpc) is 2.79. The maximum absolute atomic E-state index is 12.2. The van der Waals surface area contributed by atoms with Gasteiger partial charge in [0.05, 0.1) is 6.54 Å². The van der Waals surface area contributed by atoms with E-state index in [4.69, 9.17) is 0 Å². The number of anilines is 2. The number of hydrogen-bond donors (Lipinski definition) is 2. The number of aliphatic hydroxyl groups is 1. The molecule has 2 aromatic carbocycles. The van der Waals surface area contributed by atoms with Crippen LogP contribution in [-0.2, 0) is 10.4 Å². The van der Waals surface area contributed by atoms with E-state index in [9.17, 15) is 9.90 Å². The lowest BCUT2D eigenvalue weighted by molar-refractivity contribution is -0.117. The number of nitrogens with zero attached hydrogens (tertiary/aromatic N) is 2. The second-order valence-corrected chi connectivity index (χ2v) is 7.16. The molecule has 30 heavy (non-hydrogen) atoms. The van der Waals surface area contributed by atoms with Gasteiger partial charge in [-0.15, -0.1) is 0 Å². The summed E-state index contributed by atoms with van der Waals surface area (Å²) >= 11 is 0. The third kappa shape index (κ3) is 4.85. The van der Waals surface area contributed by atoms with E-state index in [1.165, 1.54) is 6.08 Å². The van der Waals surface area contributed by atoms with Gasteiger partial charge in [0, 0.05) is 48.7 Å². The molecule has 0 aromatic heterocycles. The Bertz CT molecular complexity index is 786. The molecule has 0 spiro atoms. The van der Waals surface area contributed by atoms with Gasteiger partial charge in [0.25, 0.3) is 0 Å². The van der Waals surface area contributed by atoms with Crippen molar-refractivity contribution in [1.29, 1.82) is 0 Å². The molecule has 0 radical (unpaired) electrons. The van der Waals surface area contributed by atoms with Crippen molar-refractivity contribution in [1.82, 2.24) is 5.32 Å². The van der Waals surface area contributed by atoms with Crippen LogP contribution < -0.4 is 15.1 Å². The van der Waals surface area contributed by atoms with Crippen LogP contribution in [0.3, 0.4) is 0 Å². The second-order valence-electron chi connectivity index (χ2n) is 7.16. The summed E-state index contributed by atoms with van der Waals surface area (Å²) in [6.45, 7) is 15.3. The van der Waals surface area contributed by atoms with Crippen molar-refractivity contribution in [3.8, 4) is 0 Å². The summed E-state index contributed by atoms with van der Waals surface area (Å²) < 4.78 is 0. The summed E-state index contributed by atoms with van der Waals surface area (Å²) in [6, 6.07) is 15.8. The van der Waals surface area contributed by atoms with Gasteiger partial charge in [-0.25, -0.2) is 0 Å². The normalized spacial score (nSPS) is 11.1. The predicted molar refractivity (Wildman–Crippen MR) is 126 cm³/mol. The van der Waals surface area contributed by atoms with Gasteiger partial charge in [0.2, 0.25) is 5.91 Å². The molecule has 0 aliphatic heterocycles.